The number of hydrogen-bond acceptors (Lipinski definition) is 7. The molecule has 36 heavy (non-hydrogen) atoms. The number of hydrogen-bond donors (Lipinski definition) is 0. The van der Waals surface area contributed by atoms with Crippen LogP contribution in [0.15, 0.2) is 65.7 Å². The summed E-state index contributed by atoms with van der Waals surface area (Å²) in [7, 11) is -3.44. The molecule has 190 valence electrons. The van der Waals surface area contributed by atoms with E-state index >= 15 is 0 Å². The predicted molar refractivity (Wildman–Crippen MR) is 138 cm³/mol. The minimum atomic E-state index is -3.44. The number of sulfonamides is 1. The van der Waals surface area contributed by atoms with E-state index in [0.717, 1.165) is 24.8 Å². The van der Waals surface area contributed by atoms with Crippen LogP contribution < -0.4 is 15.2 Å². The van der Waals surface area contributed by atoms with Crippen molar-refractivity contribution in [1.29, 1.82) is 0 Å². The number of aromatic nitrogens is 3. The van der Waals surface area contributed by atoms with Crippen LogP contribution in [0.3, 0.4) is 0 Å². The minimum absolute atomic E-state index is 0.0244. The van der Waals surface area contributed by atoms with Crippen molar-refractivity contribution in [3.8, 4) is 11.6 Å². The Labute approximate surface area is 211 Å². The van der Waals surface area contributed by atoms with Crippen LogP contribution in [0.1, 0.15) is 31.7 Å². The molecule has 2 atom stereocenters. The second kappa shape index (κ2) is 10.4. The zero-order chi connectivity index (χ0) is 25.1. The van der Waals surface area contributed by atoms with Gasteiger partial charge < -0.3 is 9.64 Å². The molecule has 2 aromatic heterocycles. The maximum atomic E-state index is 13.6. The van der Waals surface area contributed by atoms with Gasteiger partial charge in [0.1, 0.15) is 11.8 Å². The van der Waals surface area contributed by atoms with Crippen LogP contribution >= 0.6 is 0 Å². The Morgan fingerprint density at radius 3 is 2.42 bits per heavy atom. The van der Waals surface area contributed by atoms with Gasteiger partial charge in [0, 0.05) is 32.4 Å². The van der Waals surface area contributed by atoms with Crippen molar-refractivity contribution in [2.45, 2.75) is 38.0 Å². The lowest BCUT2D eigenvalue weighted by atomic mass is 10.1. The standard InChI is InChI=1S/C26H31N5O4S/c1-20-8-7-11-23(20)35-25-22(18-28-31(26(25)32)24-12-5-6-13-27-24)29-14-16-30(17-15-29)36(33,34)19-21-9-3-2-4-10-21/h2-6,9-10,12-13,18,20,23H,7-8,11,14-17,19H2,1H3/t20-,23-/m1/s1. The zero-order valence-corrected chi connectivity index (χ0v) is 21.2. The summed E-state index contributed by atoms with van der Waals surface area (Å²) in [6.07, 6.45) is 6.25. The van der Waals surface area contributed by atoms with Gasteiger partial charge in [0.2, 0.25) is 15.8 Å². The van der Waals surface area contributed by atoms with Crippen LogP contribution in [0.4, 0.5) is 5.69 Å². The van der Waals surface area contributed by atoms with Crippen molar-refractivity contribution >= 4 is 15.7 Å². The topological polar surface area (TPSA) is 97.6 Å². The molecule has 0 amide bonds. The number of piperazine rings is 1. The van der Waals surface area contributed by atoms with E-state index in [1.807, 2.05) is 35.2 Å². The Kier molecular flexibility index (Phi) is 7.06. The third kappa shape index (κ3) is 5.15. The number of nitrogens with zero attached hydrogens (tertiary/aromatic N) is 5. The predicted octanol–water partition coefficient (Wildman–Crippen LogP) is 2.85. The van der Waals surface area contributed by atoms with Crippen molar-refractivity contribution in [2.24, 2.45) is 5.92 Å². The molecule has 5 rings (SSSR count). The lowest BCUT2D eigenvalue weighted by molar-refractivity contribution is 0.164. The number of pyridine rings is 1. The molecule has 3 aromatic rings. The van der Waals surface area contributed by atoms with E-state index in [4.69, 9.17) is 4.74 Å². The first-order valence-corrected chi connectivity index (χ1v) is 14.0. The molecule has 0 unspecified atom stereocenters. The smallest absolute Gasteiger partial charge is 0.317 e. The summed E-state index contributed by atoms with van der Waals surface area (Å²) in [4.78, 5) is 19.8. The van der Waals surface area contributed by atoms with Crippen LogP contribution in [-0.4, -0.2) is 59.8 Å². The van der Waals surface area contributed by atoms with E-state index in [1.165, 1.54) is 8.99 Å². The molecule has 1 saturated heterocycles. The summed E-state index contributed by atoms with van der Waals surface area (Å²) < 4.78 is 35.1. The van der Waals surface area contributed by atoms with Crippen LogP contribution in [0.5, 0.6) is 5.75 Å². The highest BCUT2D eigenvalue weighted by Crippen LogP contribution is 2.33. The lowest BCUT2D eigenvalue weighted by Gasteiger charge is -2.36. The minimum Gasteiger partial charge on any atom is -0.483 e. The normalized spacial score (nSPS) is 21.0. The molecule has 9 nitrogen and oxygen atoms in total. The Morgan fingerprint density at radius 2 is 1.75 bits per heavy atom. The van der Waals surface area contributed by atoms with Crippen LogP contribution in [0.25, 0.3) is 5.82 Å². The lowest BCUT2D eigenvalue weighted by Crippen LogP contribution is -2.49. The quantitative estimate of drug-likeness (QED) is 0.483. The van der Waals surface area contributed by atoms with Gasteiger partial charge in [-0.25, -0.2) is 13.4 Å². The van der Waals surface area contributed by atoms with Gasteiger partial charge in [0.25, 0.3) is 0 Å². The highest BCUT2D eigenvalue weighted by molar-refractivity contribution is 7.88. The van der Waals surface area contributed by atoms with Crippen molar-refractivity contribution in [3.05, 3.63) is 76.8 Å². The molecule has 10 heteroatoms. The first-order valence-electron chi connectivity index (χ1n) is 12.4. The number of ether oxygens (including phenoxy) is 1. The molecular formula is C26H31N5O4S. The second-order valence-electron chi connectivity index (χ2n) is 9.46. The van der Waals surface area contributed by atoms with Gasteiger partial charge in [-0.2, -0.15) is 14.1 Å². The first-order chi connectivity index (χ1) is 17.4. The molecule has 1 aliphatic heterocycles. The maximum Gasteiger partial charge on any atom is 0.317 e. The van der Waals surface area contributed by atoms with Crippen molar-refractivity contribution < 1.29 is 13.2 Å². The molecule has 1 saturated carbocycles. The van der Waals surface area contributed by atoms with Gasteiger partial charge in [-0.05, 0) is 42.9 Å². The number of rotatable bonds is 7. The third-order valence-corrected chi connectivity index (χ3v) is 8.85. The largest absolute Gasteiger partial charge is 0.483 e. The van der Waals surface area contributed by atoms with Gasteiger partial charge in [-0.15, -0.1) is 0 Å². The van der Waals surface area contributed by atoms with E-state index in [0.29, 0.717) is 43.6 Å². The van der Waals surface area contributed by atoms with Gasteiger partial charge in [-0.1, -0.05) is 43.3 Å². The molecule has 2 fully saturated rings. The third-order valence-electron chi connectivity index (χ3n) is 7.00. The number of anilines is 1. The summed E-state index contributed by atoms with van der Waals surface area (Å²) >= 11 is 0. The van der Waals surface area contributed by atoms with Gasteiger partial charge in [0.05, 0.1) is 11.9 Å². The molecule has 0 radical (unpaired) electrons. The fourth-order valence-electron chi connectivity index (χ4n) is 4.93. The molecule has 0 bridgehead atoms. The summed E-state index contributed by atoms with van der Waals surface area (Å²) in [5.74, 6) is 1.02. The highest BCUT2D eigenvalue weighted by Gasteiger charge is 2.32. The van der Waals surface area contributed by atoms with E-state index in [1.54, 1.807) is 30.6 Å². The molecule has 3 heterocycles. The molecule has 1 aromatic carbocycles. The SMILES string of the molecule is C[C@@H]1CCC[C@H]1Oc1c(N2CCN(S(=O)(=O)Cc3ccccc3)CC2)cnn(-c2ccccn2)c1=O. The summed E-state index contributed by atoms with van der Waals surface area (Å²) in [6.45, 7) is 3.69. The molecule has 0 N–H and O–H groups in total. The van der Waals surface area contributed by atoms with Crippen LogP contribution in [0, 0.1) is 5.92 Å². The first kappa shape index (κ1) is 24.5. The van der Waals surface area contributed by atoms with Crippen LogP contribution in [0.2, 0.25) is 0 Å². The second-order valence-corrected chi connectivity index (χ2v) is 11.4. The van der Waals surface area contributed by atoms with E-state index in [9.17, 15) is 13.2 Å². The van der Waals surface area contributed by atoms with Gasteiger partial charge >= 0.3 is 5.56 Å². The van der Waals surface area contributed by atoms with E-state index < -0.39 is 10.0 Å². The average molecular weight is 510 g/mol. The average Bonchev–Trinajstić information content (AvgIpc) is 3.30. The van der Waals surface area contributed by atoms with Gasteiger partial charge in [0.15, 0.2) is 5.82 Å². The highest BCUT2D eigenvalue weighted by atomic mass is 32.2. The summed E-state index contributed by atoms with van der Waals surface area (Å²) in [5.41, 5.74) is 1.01. The fourth-order valence-corrected chi connectivity index (χ4v) is 6.44. The van der Waals surface area contributed by atoms with E-state index in [2.05, 4.69) is 17.0 Å². The molecule has 2 aliphatic rings. The van der Waals surface area contributed by atoms with Crippen molar-refractivity contribution in [2.75, 3.05) is 31.1 Å². The maximum absolute atomic E-state index is 13.6. The summed E-state index contributed by atoms with van der Waals surface area (Å²) in [6, 6.07) is 14.5. The monoisotopic (exact) mass is 509 g/mol. The zero-order valence-electron chi connectivity index (χ0n) is 20.4. The Bertz CT molecular complexity index is 1340. The Balaban J connectivity index is 1.39. The Hall–Kier alpha value is -3.24. The molecule has 0 spiro atoms. The van der Waals surface area contributed by atoms with Crippen molar-refractivity contribution in [1.82, 2.24) is 19.1 Å². The van der Waals surface area contributed by atoms with Gasteiger partial charge in [-0.3, -0.25) is 4.79 Å². The Morgan fingerprint density at radius 1 is 1.00 bits per heavy atom. The molecule has 1 aliphatic carbocycles. The fraction of sp³-hybridized carbons (Fsp3) is 0.423. The van der Waals surface area contributed by atoms with E-state index in [-0.39, 0.29) is 23.2 Å². The molecular weight excluding hydrogens is 478 g/mol. The summed E-state index contributed by atoms with van der Waals surface area (Å²) in [5, 5.41) is 4.39. The van der Waals surface area contributed by atoms with Crippen molar-refractivity contribution in [3.63, 3.8) is 0 Å². The number of benzene rings is 1. The van der Waals surface area contributed by atoms with Crippen LogP contribution in [-0.2, 0) is 15.8 Å².